The third-order valence-corrected chi connectivity index (χ3v) is 3.75. The molecule has 3 nitrogen and oxygen atoms in total. The Kier molecular flexibility index (Phi) is 5.02. The summed E-state index contributed by atoms with van der Waals surface area (Å²) >= 11 is 0. The molecule has 0 amide bonds. The van der Waals surface area contributed by atoms with Crippen LogP contribution in [0.1, 0.15) is 31.2 Å². The molecule has 0 spiro atoms. The maximum absolute atomic E-state index is 5.55. The molecule has 0 unspecified atom stereocenters. The minimum atomic E-state index is 0.355. The Morgan fingerprint density at radius 2 is 1.94 bits per heavy atom. The van der Waals surface area contributed by atoms with Crippen LogP contribution in [-0.2, 0) is 11.3 Å². The molecule has 0 aromatic heterocycles. The van der Waals surface area contributed by atoms with E-state index in [0.717, 1.165) is 12.3 Å². The normalized spacial score (nSPS) is 23.9. The van der Waals surface area contributed by atoms with Crippen LogP contribution in [0.4, 0.5) is 0 Å². The van der Waals surface area contributed by atoms with Gasteiger partial charge in [0.05, 0.1) is 13.2 Å². The third kappa shape index (κ3) is 3.24. The van der Waals surface area contributed by atoms with Crippen LogP contribution in [0.2, 0.25) is 0 Å². The summed E-state index contributed by atoms with van der Waals surface area (Å²) in [5.74, 6) is 0.953. The van der Waals surface area contributed by atoms with Crippen LogP contribution in [0.25, 0.3) is 0 Å². The Morgan fingerprint density at radius 1 is 1.17 bits per heavy atom. The van der Waals surface area contributed by atoms with Crippen molar-refractivity contribution in [2.24, 2.45) is 0 Å². The molecular weight excluding hydrogens is 226 g/mol. The van der Waals surface area contributed by atoms with Gasteiger partial charge in [-0.3, -0.25) is 0 Å². The van der Waals surface area contributed by atoms with E-state index in [1.807, 2.05) is 25.3 Å². The van der Waals surface area contributed by atoms with Crippen molar-refractivity contribution in [1.29, 1.82) is 0 Å². The molecule has 0 aliphatic heterocycles. The van der Waals surface area contributed by atoms with Crippen LogP contribution in [0.5, 0.6) is 5.75 Å². The fourth-order valence-corrected chi connectivity index (χ4v) is 2.70. The summed E-state index contributed by atoms with van der Waals surface area (Å²) in [7, 11) is 3.53. The lowest BCUT2D eigenvalue weighted by Gasteiger charge is -2.31. The van der Waals surface area contributed by atoms with Crippen molar-refractivity contribution in [2.45, 2.75) is 44.4 Å². The largest absolute Gasteiger partial charge is 0.496 e. The van der Waals surface area contributed by atoms with Crippen molar-refractivity contribution < 1.29 is 9.47 Å². The number of rotatable bonds is 5. The Morgan fingerprint density at radius 3 is 2.72 bits per heavy atom. The molecule has 0 heterocycles. The van der Waals surface area contributed by atoms with E-state index in [2.05, 4.69) is 11.4 Å². The molecule has 0 radical (unpaired) electrons. The molecule has 0 bridgehead atoms. The van der Waals surface area contributed by atoms with E-state index in [0.29, 0.717) is 12.1 Å². The zero-order valence-corrected chi connectivity index (χ0v) is 11.3. The first-order chi connectivity index (χ1) is 8.85. The minimum absolute atomic E-state index is 0.355. The second kappa shape index (κ2) is 6.76. The molecular formula is C15H23NO2. The molecule has 18 heavy (non-hydrogen) atoms. The molecule has 1 N–H and O–H groups in total. The monoisotopic (exact) mass is 249 g/mol. The van der Waals surface area contributed by atoms with Crippen molar-refractivity contribution in [3.05, 3.63) is 29.8 Å². The van der Waals surface area contributed by atoms with Crippen molar-refractivity contribution in [3.8, 4) is 5.75 Å². The topological polar surface area (TPSA) is 30.5 Å². The molecule has 0 saturated heterocycles. The number of ether oxygens (including phenoxy) is 2. The summed E-state index contributed by atoms with van der Waals surface area (Å²) in [5.41, 5.74) is 1.21. The van der Waals surface area contributed by atoms with Gasteiger partial charge < -0.3 is 14.8 Å². The molecule has 1 aliphatic carbocycles. The van der Waals surface area contributed by atoms with Crippen molar-refractivity contribution in [3.63, 3.8) is 0 Å². The van der Waals surface area contributed by atoms with Gasteiger partial charge in [0.15, 0.2) is 0 Å². The highest BCUT2D eigenvalue weighted by atomic mass is 16.5. The number of para-hydroxylation sites is 1. The number of hydrogen-bond acceptors (Lipinski definition) is 3. The Labute approximate surface area is 109 Å². The molecule has 1 aliphatic rings. The van der Waals surface area contributed by atoms with Gasteiger partial charge in [-0.1, -0.05) is 31.0 Å². The standard InChI is InChI=1S/C15H23NO2/c1-17-14-9-5-3-7-12(14)11-16-13-8-4-6-10-15(13)18-2/h3,5,7,9,13,15-16H,4,6,8,10-11H2,1-2H3/t13-,15+/m0/s1. The van der Waals surface area contributed by atoms with Crippen molar-refractivity contribution >= 4 is 0 Å². The first-order valence-electron chi connectivity index (χ1n) is 6.73. The van der Waals surface area contributed by atoms with Gasteiger partial charge >= 0.3 is 0 Å². The molecule has 1 saturated carbocycles. The van der Waals surface area contributed by atoms with Crippen molar-refractivity contribution in [1.82, 2.24) is 5.32 Å². The highest BCUT2D eigenvalue weighted by Crippen LogP contribution is 2.22. The van der Waals surface area contributed by atoms with Crippen LogP contribution in [0.3, 0.4) is 0 Å². The maximum Gasteiger partial charge on any atom is 0.123 e. The first-order valence-corrected chi connectivity index (χ1v) is 6.73. The Balaban J connectivity index is 1.93. The van der Waals surface area contributed by atoms with Crippen LogP contribution in [-0.4, -0.2) is 26.4 Å². The Hall–Kier alpha value is -1.06. The smallest absolute Gasteiger partial charge is 0.123 e. The molecule has 1 fully saturated rings. The summed E-state index contributed by atoms with van der Waals surface area (Å²) in [4.78, 5) is 0. The van der Waals surface area contributed by atoms with Gasteiger partial charge in [-0.2, -0.15) is 0 Å². The third-order valence-electron chi connectivity index (χ3n) is 3.75. The lowest BCUT2D eigenvalue weighted by atomic mass is 9.92. The van der Waals surface area contributed by atoms with E-state index in [-0.39, 0.29) is 0 Å². The summed E-state index contributed by atoms with van der Waals surface area (Å²) in [6.07, 6.45) is 5.30. The second-order valence-corrected chi connectivity index (χ2v) is 4.86. The van der Waals surface area contributed by atoms with Gasteiger partial charge in [0.1, 0.15) is 5.75 Å². The predicted molar refractivity (Wildman–Crippen MR) is 72.9 cm³/mol. The van der Waals surface area contributed by atoms with Gasteiger partial charge in [-0.15, -0.1) is 0 Å². The van der Waals surface area contributed by atoms with Crippen LogP contribution in [0.15, 0.2) is 24.3 Å². The zero-order valence-electron chi connectivity index (χ0n) is 11.3. The van der Waals surface area contributed by atoms with E-state index in [4.69, 9.17) is 9.47 Å². The number of nitrogens with one attached hydrogen (secondary N) is 1. The van der Waals surface area contributed by atoms with E-state index in [9.17, 15) is 0 Å². The van der Waals surface area contributed by atoms with Gasteiger partial charge in [0.2, 0.25) is 0 Å². The molecule has 1 aromatic rings. The fraction of sp³-hybridized carbons (Fsp3) is 0.600. The predicted octanol–water partition coefficient (Wildman–Crippen LogP) is 2.74. The summed E-state index contributed by atoms with van der Waals surface area (Å²) in [6, 6.07) is 8.63. The molecule has 3 heteroatoms. The Bertz CT molecular complexity index is 367. The number of hydrogen-bond donors (Lipinski definition) is 1. The average Bonchev–Trinajstić information content (AvgIpc) is 2.45. The fourth-order valence-electron chi connectivity index (χ4n) is 2.70. The lowest BCUT2D eigenvalue weighted by molar-refractivity contribution is 0.0412. The van der Waals surface area contributed by atoms with E-state index >= 15 is 0 Å². The van der Waals surface area contributed by atoms with Crippen molar-refractivity contribution in [2.75, 3.05) is 14.2 Å². The average molecular weight is 249 g/mol. The van der Waals surface area contributed by atoms with E-state index in [1.54, 1.807) is 7.11 Å². The number of benzene rings is 1. The van der Waals surface area contributed by atoms with Crippen LogP contribution >= 0.6 is 0 Å². The molecule has 2 atom stereocenters. The van der Waals surface area contributed by atoms with Crippen LogP contribution < -0.4 is 10.1 Å². The van der Waals surface area contributed by atoms with Gasteiger partial charge in [0, 0.05) is 25.3 Å². The quantitative estimate of drug-likeness (QED) is 0.870. The van der Waals surface area contributed by atoms with E-state index in [1.165, 1.54) is 31.2 Å². The molecule has 1 aromatic carbocycles. The highest BCUT2D eigenvalue weighted by Gasteiger charge is 2.24. The summed E-state index contributed by atoms with van der Waals surface area (Å²) < 4.78 is 10.9. The molecule has 2 rings (SSSR count). The van der Waals surface area contributed by atoms with Gasteiger partial charge in [-0.05, 0) is 18.9 Å². The van der Waals surface area contributed by atoms with Gasteiger partial charge in [0.25, 0.3) is 0 Å². The SMILES string of the molecule is COc1ccccc1CN[C@H]1CCCC[C@H]1OC. The minimum Gasteiger partial charge on any atom is -0.496 e. The summed E-state index contributed by atoms with van der Waals surface area (Å²) in [6.45, 7) is 0.842. The lowest BCUT2D eigenvalue weighted by Crippen LogP contribution is -2.42. The first kappa shape index (κ1) is 13.4. The second-order valence-electron chi connectivity index (χ2n) is 4.86. The van der Waals surface area contributed by atoms with Crippen LogP contribution in [0, 0.1) is 0 Å². The number of methoxy groups -OCH3 is 2. The maximum atomic E-state index is 5.55. The summed E-state index contributed by atoms with van der Waals surface area (Å²) in [5, 5.41) is 3.61. The van der Waals surface area contributed by atoms with Gasteiger partial charge in [-0.25, -0.2) is 0 Å². The van der Waals surface area contributed by atoms with E-state index < -0.39 is 0 Å². The molecule has 100 valence electrons. The zero-order chi connectivity index (χ0) is 12.8. The highest BCUT2D eigenvalue weighted by molar-refractivity contribution is 5.33.